The molecule has 1 aliphatic heterocycles. The van der Waals surface area contributed by atoms with E-state index in [0.717, 1.165) is 25.0 Å². The van der Waals surface area contributed by atoms with E-state index in [1.807, 2.05) is 0 Å². The van der Waals surface area contributed by atoms with Gasteiger partial charge in [-0.2, -0.15) is 0 Å². The van der Waals surface area contributed by atoms with Gasteiger partial charge in [0.15, 0.2) is 0 Å². The smallest absolute Gasteiger partial charge is 0.303 e. The number of nitrogens with one attached hydrogen (secondary N) is 1. The molecule has 1 saturated heterocycles. The summed E-state index contributed by atoms with van der Waals surface area (Å²) in [6, 6.07) is 0. The van der Waals surface area contributed by atoms with Crippen LogP contribution in [0.2, 0.25) is 0 Å². The molecule has 3 rings (SSSR count). The van der Waals surface area contributed by atoms with E-state index in [-0.39, 0.29) is 17.7 Å². The number of fused-ring (bicyclic) bond motifs is 3. The zero-order chi connectivity index (χ0) is 15.9. The number of allylic oxidation sites excluding steroid dienone is 2. The quantitative estimate of drug-likeness (QED) is 0.837. The summed E-state index contributed by atoms with van der Waals surface area (Å²) < 4.78 is 0. The first-order valence-electron chi connectivity index (χ1n) is 8.63. The van der Waals surface area contributed by atoms with E-state index in [4.69, 9.17) is 5.11 Å². The van der Waals surface area contributed by atoms with Gasteiger partial charge in [0.2, 0.25) is 5.91 Å². The SMILES string of the molecule is CC(CCC(=O)O)C1CCC2C3CCC(=O)NC3=CCC12C. The van der Waals surface area contributed by atoms with Crippen LogP contribution in [-0.2, 0) is 9.59 Å². The van der Waals surface area contributed by atoms with Crippen LogP contribution in [0.1, 0.15) is 58.8 Å². The lowest BCUT2D eigenvalue weighted by atomic mass is 9.59. The summed E-state index contributed by atoms with van der Waals surface area (Å²) in [6.07, 6.45) is 8.37. The van der Waals surface area contributed by atoms with Crippen LogP contribution in [0.3, 0.4) is 0 Å². The molecule has 0 radical (unpaired) electrons. The van der Waals surface area contributed by atoms with Crippen LogP contribution in [0.4, 0.5) is 0 Å². The molecule has 2 N–H and O–H groups in total. The molecule has 1 amide bonds. The second-order valence-corrected chi connectivity index (χ2v) is 7.76. The highest BCUT2D eigenvalue weighted by molar-refractivity contribution is 5.79. The average Bonchev–Trinajstić information content (AvgIpc) is 2.82. The Hall–Kier alpha value is -1.32. The molecule has 1 saturated carbocycles. The van der Waals surface area contributed by atoms with Crippen molar-refractivity contribution in [3.8, 4) is 0 Å². The molecule has 5 unspecified atom stereocenters. The summed E-state index contributed by atoms with van der Waals surface area (Å²) in [5.74, 6) is 1.69. The number of aliphatic carboxylic acids is 1. The largest absolute Gasteiger partial charge is 0.481 e. The average molecular weight is 305 g/mol. The summed E-state index contributed by atoms with van der Waals surface area (Å²) in [7, 11) is 0. The first kappa shape index (κ1) is 15.6. The molecule has 0 aromatic heterocycles. The van der Waals surface area contributed by atoms with Crippen molar-refractivity contribution in [3.05, 3.63) is 11.8 Å². The van der Waals surface area contributed by atoms with E-state index >= 15 is 0 Å². The van der Waals surface area contributed by atoms with Gasteiger partial charge in [-0.15, -0.1) is 0 Å². The van der Waals surface area contributed by atoms with E-state index < -0.39 is 5.97 Å². The minimum absolute atomic E-state index is 0.162. The second kappa shape index (κ2) is 5.71. The number of rotatable bonds is 4. The van der Waals surface area contributed by atoms with Gasteiger partial charge in [0.1, 0.15) is 0 Å². The Morgan fingerprint density at radius 1 is 1.45 bits per heavy atom. The van der Waals surface area contributed by atoms with Crippen LogP contribution in [0.15, 0.2) is 11.8 Å². The Kier molecular flexibility index (Phi) is 4.04. The highest BCUT2D eigenvalue weighted by atomic mass is 16.4. The third-order valence-corrected chi connectivity index (χ3v) is 6.60. The Labute approximate surface area is 132 Å². The summed E-state index contributed by atoms with van der Waals surface area (Å²) >= 11 is 0. The van der Waals surface area contributed by atoms with E-state index in [9.17, 15) is 9.59 Å². The summed E-state index contributed by atoms with van der Waals surface area (Å²) in [5, 5.41) is 12.0. The van der Waals surface area contributed by atoms with Crippen LogP contribution in [0.25, 0.3) is 0 Å². The predicted molar refractivity (Wildman–Crippen MR) is 83.9 cm³/mol. The van der Waals surface area contributed by atoms with Gasteiger partial charge in [0.25, 0.3) is 0 Å². The lowest BCUT2D eigenvalue weighted by molar-refractivity contribution is -0.137. The van der Waals surface area contributed by atoms with Gasteiger partial charge in [0, 0.05) is 24.5 Å². The fraction of sp³-hybridized carbons (Fsp3) is 0.778. The van der Waals surface area contributed by atoms with Crippen LogP contribution >= 0.6 is 0 Å². The molecule has 0 bridgehead atoms. The number of carbonyl (C=O) groups excluding carboxylic acids is 1. The van der Waals surface area contributed by atoms with Crippen molar-refractivity contribution >= 4 is 11.9 Å². The Morgan fingerprint density at radius 3 is 2.95 bits per heavy atom. The monoisotopic (exact) mass is 305 g/mol. The molecule has 4 nitrogen and oxygen atoms in total. The van der Waals surface area contributed by atoms with Crippen LogP contribution in [0, 0.1) is 29.1 Å². The van der Waals surface area contributed by atoms with Gasteiger partial charge < -0.3 is 10.4 Å². The number of amides is 1. The third-order valence-electron chi connectivity index (χ3n) is 6.60. The normalized spacial score (nSPS) is 38.5. The Bertz CT molecular complexity index is 512. The highest BCUT2D eigenvalue weighted by Crippen LogP contribution is 2.60. The second-order valence-electron chi connectivity index (χ2n) is 7.76. The molecule has 3 aliphatic rings. The molecule has 2 aliphatic carbocycles. The lowest BCUT2D eigenvalue weighted by Gasteiger charge is -2.47. The van der Waals surface area contributed by atoms with E-state index in [0.29, 0.717) is 30.1 Å². The van der Waals surface area contributed by atoms with Crippen molar-refractivity contribution in [2.45, 2.75) is 58.8 Å². The standard InChI is InChI=1S/C18H27NO3/c1-11(3-8-17(21)22)13-5-6-14-12-4-7-16(20)19-15(12)9-10-18(13,14)2/h9,11-14H,3-8,10H2,1-2H3,(H,19,20)(H,21,22). The molecule has 2 fully saturated rings. The number of carboxylic acids is 1. The molecule has 0 spiro atoms. The van der Waals surface area contributed by atoms with Crippen molar-refractivity contribution in [2.24, 2.45) is 29.1 Å². The van der Waals surface area contributed by atoms with Gasteiger partial charge in [-0.1, -0.05) is 19.9 Å². The maximum atomic E-state index is 11.6. The maximum Gasteiger partial charge on any atom is 0.303 e. The first-order chi connectivity index (χ1) is 10.4. The zero-order valence-electron chi connectivity index (χ0n) is 13.6. The van der Waals surface area contributed by atoms with Gasteiger partial charge in [0.05, 0.1) is 0 Å². The van der Waals surface area contributed by atoms with Crippen molar-refractivity contribution in [1.82, 2.24) is 5.32 Å². The van der Waals surface area contributed by atoms with Gasteiger partial charge in [-0.25, -0.2) is 0 Å². The van der Waals surface area contributed by atoms with Crippen molar-refractivity contribution < 1.29 is 14.7 Å². The summed E-state index contributed by atoms with van der Waals surface area (Å²) in [5.41, 5.74) is 1.44. The number of carbonyl (C=O) groups is 2. The van der Waals surface area contributed by atoms with E-state index in [1.165, 1.54) is 12.8 Å². The first-order valence-corrected chi connectivity index (χ1v) is 8.63. The number of piperidine rings is 1. The fourth-order valence-electron chi connectivity index (χ4n) is 5.45. The number of hydrogen-bond donors (Lipinski definition) is 2. The molecule has 1 heterocycles. The summed E-state index contributed by atoms with van der Waals surface area (Å²) in [4.78, 5) is 22.5. The van der Waals surface area contributed by atoms with E-state index in [1.54, 1.807) is 0 Å². The molecule has 22 heavy (non-hydrogen) atoms. The number of hydrogen-bond acceptors (Lipinski definition) is 2. The lowest BCUT2D eigenvalue weighted by Crippen LogP contribution is -2.45. The molecule has 5 atom stereocenters. The van der Waals surface area contributed by atoms with Crippen LogP contribution < -0.4 is 5.32 Å². The zero-order valence-corrected chi connectivity index (χ0v) is 13.6. The molecule has 0 aromatic carbocycles. The Balaban J connectivity index is 1.76. The topological polar surface area (TPSA) is 66.4 Å². The van der Waals surface area contributed by atoms with Crippen molar-refractivity contribution in [2.75, 3.05) is 0 Å². The summed E-state index contributed by atoms with van der Waals surface area (Å²) in [6.45, 7) is 4.62. The molecular weight excluding hydrogens is 278 g/mol. The van der Waals surface area contributed by atoms with Gasteiger partial charge >= 0.3 is 5.97 Å². The molecule has 4 heteroatoms. The predicted octanol–water partition coefficient (Wildman–Crippen LogP) is 3.33. The highest BCUT2D eigenvalue weighted by Gasteiger charge is 2.53. The molecule has 122 valence electrons. The number of carboxylic acid groups (broad SMARTS) is 1. The van der Waals surface area contributed by atoms with Crippen LogP contribution in [-0.4, -0.2) is 17.0 Å². The molecular formula is C18H27NO3. The minimum atomic E-state index is -0.688. The minimum Gasteiger partial charge on any atom is -0.481 e. The maximum absolute atomic E-state index is 11.6. The van der Waals surface area contributed by atoms with E-state index in [2.05, 4.69) is 25.2 Å². The van der Waals surface area contributed by atoms with Crippen molar-refractivity contribution in [3.63, 3.8) is 0 Å². The van der Waals surface area contributed by atoms with Gasteiger partial charge in [-0.05, 0) is 55.3 Å². The van der Waals surface area contributed by atoms with Crippen LogP contribution in [0.5, 0.6) is 0 Å². The molecule has 0 aromatic rings. The fourth-order valence-corrected chi connectivity index (χ4v) is 5.45. The van der Waals surface area contributed by atoms with Crippen molar-refractivity contribution in [1.29, 1.82) is 0 Å². The Morgan fingerprint density at radius 2 is 2.23 bits per heavy atom. The van der Waals surface area contributed by atoms with Gasteiger partial charge in [-0.3, -0.25) is 9.59 Å². The third kappa shape index (κ3) is 2.57.